The number of nitrogens with zero attached hydrogens (tertiary/aromatic N) is 1. The zero-order valence-corrected chi connectivity index (χ0v) is 12.4. The maximum absolute atomic E-state index is 6.04. The lowest BCUT2D eigenvalue weighted by atomic mass is 10.1. The third-order valence-electron chi connectivity index (χ3n) is 3.31. The lowest BCUT2D eigenvalue weighted by Gasteiger charge is -2.20. The van der Waals surface area contributed by atoms with Crippen LogP contribution in [0.25, 0.3) is 0 Å². The molecule has 1 unspecified atom stereocenters. The molecule has 1 N–H and O–H groups in total. The number of anilines is 1. The highest BCUT2D eigenvalue weighted by molar-refractivity contribution is 6.35. The van der Waals surface area contributed by atoms with Gasteiger partial charge in [0, 0.05) is 34.9 Å². The van der Waals surface area contributed by atoms with Gasteiger partial charge in [0.2, 0.25) is 0 Å². The highest BCUT2D eigenvalue weighted by atomic mass is 35.5. The van der Waals surface area contributed by atoms with E-state index < -0.39 is 0 Å². The first-order chi connectivity index (χ1) is 8.54. The molecule has 0 amide bonds. The quantitative estimate of drug-likeness (QED) is 0.905. The Balaban J connectivity index is 1.95. The second-order valence-electron chi connectivity index (χ2n) is 5.29. The summed E-state index contributed by atoms with van der Waals surface area (Å²) in [5, 5.41) is 4.92. The zero-order valence-electron chi connectivity index (χ0n) is 10.9. The molecule has 1 heterocycles. The molecule has 1 aliphatic rings. The molecule has 2 nitrogen and oxygen atoms in total. The normalized spacial score (nSPS) is 19.8. The molecule has 100 valence electrons. The second-order valence-corrected chi connectivity index (χ2v) is 6.16. The standard InChI is InChI=1S/C14H20Cl2N2/c1-10(2)17-8-11-3-4-18(9-11)14-6-12(15)5-13(16)7-14/h5-7,10-11,17H,3-4,8-9H2,1-2H3. The lowest BCUT2D eigenvalue weighted by molar-refractivity contribution is 0.480. The van der Waals surface area contributed by atoms with E-state index in [4.69, 9.17) is 23.2 Å². The summed E-state index contributed by atoms with van der Waals surface area (Å²) < 4.78 is 0. The fourth-order valence-electron chi connectivity index (χ4n) is 2.36. The van der Waals surface area contributed by atoms with Crippen LogP contribution in [0.3, 0.4) is 0 Å². The minimum absolute atomic E-state index is 0.555. The van der Waals surface area contributed by atoms with Gasteiger partial charge in [-0.05, 0) is 37.1 Å². The average molecular weight is 287 g/mol. The molecular formula is C14H20Cl2N2. The van der Waals surface area contributed by atoms with Gasteiger partial charge in [0.25, 0.3) is 0 Å². The largest absolute Gasteiger partial charge is 0.371 e. The van der Waals surface area contributed by atoms with Crippen LogP contribution in [0.15, 0.2) is 18.2 Å². The summed E-state index contributed by atoms with van der Waals surface area (Å²) >= 11 is 12.1. The molecule has 0 spiro atoms. The van der Waals surface area contributed by atoms with Crippen LogP contribution in [0.1, 0.15) is 20.3 Å². The van der Waals surface area contributed by atoms with E-state index in [9.17, 15) is 0 Å². The van der Waals surface area contributed by atoms with Gasteiger partial charge >= 0.3 is 0 Å². The van der Waals surface area contributed by atoms with E-state index in [1.54, 1.807) is 6.07 Å². The van der Waals surface area contributed by atoms with Crippen LogP contribution in [0.5, 0.6) is 0 Å². The molecule has 1 aromatic rings. The Hall–Kier alpha value is -0.440. The molecular weight excluding hydrogens is 267 g/mol. The van der Waals surface area contributed by atoms with Crippen molar-refractivity contribution in [2.24, 2.45) is 5.92 Å². The van der Waals surface area contributed by atoms with Crippen LogP contribution in [-0.2, 0) is 0 Å². The van der Waals surface area contributed by atoms with Crippen molar-refractivity contribution in [2.45, 2.75) is 26.3 Å². The summed E-state index contributed by atoms with van der Waals surface area (Å²) in [6.45, 7) is 7.62. The van der Waals surface area contributed by atoms with Gasteiger partial charge in [-0.2, -0.15) is 0 Å². The Morgan fingerprint density at radius 3 is 2.56 bits per heavy atom. The topological polar surface area (TPSA) is 15.3 Å². The van der Waals surface area contributed by atoms with Gasteiger partial charge in [-0.15, -0.1) is 0 Å². The fraction of sp³-hybridized carbons (Fsp3) is 0.571. The van der Waals surface area contributed by atoms with E-state index in [0.717, 1.165) is 25.3 Å². The molecule has 0 saturated carbocycles. The number of halogens is 2. The summed E-state index contributed by atoms with van der Waals surface area (Å²) in [5.74, 6) is 0.713. The third-order valence-corrected chi connectivity index (χ3v) is 3.75. The maximum Gasteiger partial charge on any atom is 0.0441 e. The first kappa shape index (κ1) is 14.0. The van der Waals surface area contributed by atoms with Crippen molar-refractivity contribution in [2.75, 3.05) is 24.5 Å². The van der Waals surface area contributed by atoms with Gasteiger partial charge in [-0.1, -0.05) is 37.0 Å². The zero-order chi connectivity index (χ0) is 13.1. The number of benzene rings is 1. The van der Waals surface area contributed by atoms with E-state index in [-0.39, 0.29) is 0 Å². The van der Waals surface area contributed by atoms with Gasteiger partial charge in [0.05, 0.1) is 0 Å². The van der Waals surface area contributed by atoms with E-state index in [1.165, 1.54) is 6.42 Å². The SMILES string of the molecule is CC(C)NCC1CCN(c2cc(Cl)cc(Cl)c2)C1. The molecule has 0 bridgehead atoms. The van der Waals surface area contributed by atoms with Crippen LogP contribution in [0.4, 0.5) is 5.69 Å². The van der Waals surface area contributed by atoms with E-state index >= 15 is 0 Å². The number of rotatable bonds is 4. The molecule has 1 saturated heterocycles. The van der Waals surface area contributed by atoms with Gasteiger partial charge in [0.1, 0.15) is 0 Å². The minimum Gasteiger partial charge on any atom is -0.371 e. The van der Waals surface area contributed by atoms with Crippen LogP contribution in [0.2, 0.25) is 10.0 Å². The smallest absolute Gasteiger partial charge is 0.0441 e. The lowest BCUT2D eigenvalue weighted by Crippen LogP contribution is -2.30. The van der Waals surface area contributed by atoms with Crippen molar-refractivity contribution in [1.82, 2.24) is 5.32 Å². The predicted octanol–water partition coefficient (Wildman–Crippen LogP) is 3.82. The van der Waals surface area contributed by atoms with E-state index in [2.05, 4.69) is 24.1 Å². The Bertz CT molecular complexity index is 387. The molecule has 1 fully saturated rings. The molecule has 0 aromatic heterocycles. The molecule has 0 aliphatic carbocycles. The van der Waals surface area contributed by atoms with Crippen molar-refractivity contribution >= 4 is 28.9 Å². The van der Waals surface area contributed by atoms with Crippen LogP contribution >= 0.6 is 23.2 Å². The molecule has 1 atom stereocenters. The van der Waals surface area contributed by atoms with Gasteiger partial charge < -0.3 is 10.2 Å². The predicted molar refractivity (Wildman–Crippen MR) is 79.9 cm³/mol. The van der Waals surface area contributed by atoms with Crippen molar-refractivity contribution in [3.8, 4) is 0 Å². The molecule has 18 heavy (non-hydrogen) atoms. The Labute approximate surface area is 119 Å². The average Bonchev–Trinajstić information content (AvgIpc) is 2.73. The van der Waals surface area contributed by atoms with E-state index in [1.807, 2.05) is 12.1 Å². The van der Waals surface area contributed by atoms with Crippen molar-refractivity contribution in [1.29, 1.82) is 0 Å². The molecule has 0 radical (unpaired) electrons. The van der Waals surface area contributed by atoms with Crippen LogP contribution in [-0.4, -0.2) is 25.7 Å². The van der Waals surface area contributed by atoms with Crippen molar-refractivity contribution in [3.05, 3.63) is 28.2 Å². The first-order valence-corrected chi connectivity index (χ1v) is 7.24. The van der Waals surface area contributed by atoms with Gasteiger partial charge in [-0.3, -0.25) is 0 Å². The summed E-state index contributed by atoms with van der Waals surface area (Å²) in [6.07, 6.45) is 1.23. The maximum atomic E-state index is 6.04. The number of hydrogen-bond donors (Lipinski definition) is 1. The molecule has 1 aromatic carbocycles. The monoisotopic (exact) mass is 286 g/mol. The van der Waals surface area contributed by atoms with Crippen LogP contribution < -0.4 is 10.2 Å². The van der Waals surface area contributed by atoms with Crippen LogP contribution in [0, 0.1) is 5.92 Å². The number of nitrogens with one attached hydrogen (secondary N) is 1. The highest BCUT2D eigenvalue weighted by Gasteiger charge is 2.22. The Morgan fingerprint density at radius 1 is 1.28 bits per heavy atom. The van der Waals surface area contributed by atoms with E-state index in [0.29, 0.717) is 22.0 Å². The summed E-state index contributed by atoms with van der Waals surface area (Å²) in [7, 11) is 0. The molecule has 4 heteroatoms. The molecule has 1 aliphatic heterocycles. The fourth-order valence-corrected chi connectivity index (χ4v) is 2.87. The summed E-state index contributed by atoms with van der Waals surface area (Å²) in [6, 6.07) is 6.32. The molecule has 2 rings (SSSR count). The summed E-state index contributed by atoms with van der Waals surface area (Å²) in [5.41, 5.74) is 1.14. The second kappa shape index (κ2) is 6.14. The minimum atomic E-state index is 0.555. The van der Waals surface area contributed by atoms with Crippen molar-refractivity contribution in [3.63, 3.8) is 0 Å². The highest BCUT2D eigenvalue weighted by Crippen LogP contribution is 2.29. The Morgan fingerprint density at radius 2 is 1.94 bits per heavy atom. The van der Waals surface area contributed by atoms with Gasteiger partial charge in [0.15, 0.2) is 0 Å². The Kier molecular flexibility index (Phi) is 4.77. The van der Waals surface area contributed by atoms with Crippen molar-refractivity contribution < 1.29 is 0 Å². The third kappa shape index (κ3) is 3.78. The number of hydrogen-bond acceptors (Lipinski definition) is 2. The first-order valence-electron chi connectivity index (χ1n) is 6.49. The summed E-state index contributed by atoms with van der Waals surface area (Å²) in [4.78, 5) is 2.37. The van der Waals surface area contributed by atoms with Gasteiger partial charge in [-0.25, -0.2) is 0 Å².